The van der Waals surface area contributed by atoms with Crippen molar-refractivity contribution in [2.75, 3.05) is 20.3 Å². The molecule has 1 fully saturated rings. The van der Waals surface area contributed by atoms with Crippen LogP contribution in [0.1, 0.15) is 30.5 Å². The molecule has 2 aliphatic rings. The monoisotopic (exact) mass is 409 g/mol. The van der Waals surface area contributed by atoms with Gasteiger partial charge in [0.05, 0.1) is 32.6 Å². The number of rotatable bonds is 7. The molecule has 0 saturated carbocycles. The summed E-state index contributed by atoms with van der Waals surface area (Å²) in [5, 5.41) is 2.88. The number of aliphatic imine (C=N–C) groups is 1. The summed E-state index contributed by atoms with van der Waals surface area (Å²) in [7, 11) is 1.59. The first-order valence-corrected chi connectivity index (χ1v) is 9.75. The summed E-state index contributed by atoms with van der Waals surface area (Å²) in [6.07, 6.45) is 0.572. The molecule has 8 nitrogen and oxygen atoms in total. The van der Waals surface area contributed by atoms with Crippen molar-refractivity contribution in [3.8, 4) is 11.5 Å². The standard InChI is InChI=1S/C22H23N3O5/c1-14(26)29-11-6-12-30-18-10-9-17-16(20(18)28-2)13-25-19(15-7-4-3-5-8-15)21(27)24-22(25)23-17/h3-5,7-10,19H,6,11-13H2,1-2H3,(H,23,24,27). The number of esters is 1. The van der Waals surface area contributed by atoms with Crippen LogP contribution in [0.5, 0.6) is 11.5 Å². The van der Waals surface area contributed by atoms with Crippen molar-refractivity contribution in [2.45, 2.75) is 25.9 Å². The van der Waals surface area contributed by atoms with E-state index in [0.717, 1.165) is 16.8 Å². The molecule has 2 heterocycles. The minimum Gasteiger partial charge on any atom is -0.492 e. The minimum absolute atomic E-state index is 0.103. The lowest BCUT2D eigenvalue weighted by Crippen LogP contribution is -2.33. The summed E-state index contributed by atoms with van der Waals surface area (Å²) in [6, 6.07) is 12.8. The number of nitrogens with one attached hydrogen (secondary N) is 1. The average Bonchev–Trinajstić information content (AvgIpc) is 3.06. The van der Waals surface area contributed by atoms with Crippen molar-refractivity contribution in [2.24, 2.45) is 4.99 Å². The van der Waals surface area contributed by atoms with E-state index in [2.05, 4.69) is 10.3 Å². The van der Waals surface area contributed by atoms with E-state index in [0.29, 0.717) is 43.6 Å². The molecule has 1 saturated heterocycles. The Morgan fingerprint density at radius 2 is 2.00 bits per heavy atom. The molecule has 30 heavy (non-hydrogen) atoms. The van der Waals surface area contributed by atoms with Gasteiger partial charge in [0.15, 0.2) is 11.5 Å². The second-order valence-electron chi connectivity index (χ2n) is 7.00. The molecule has 4 rings (SSSR count). The van der Waals surface area contributed by atoms with Gasteiger partial charge in [0.2, 0.25) is 5.96 Å². The van der Waals surface area contributed by atoms with E-state index in [1.165, 1.54) is 6.92 Å². The molecule has 0 aromatic heterocycles. The lowest BCUT2D eigenvalue weighted by Gasteiger charge is -2.29. The molecule has 2 aromatic carbocycles. The minimum atomic E-state index is -0.448. The molecular formula is C22H23N3O5. The number of amides is 1. The quantitative estimate of drug-likeness (QED) is 0.559. The molecule has 1 amide bonds. The van der Waals surface area contributed by atoms with Crippen LogP contribution in [0.3, 0.4) is 0 Å². The number of guanidine groups is 1. The highest BCUT2D eigenvalue weighted by Crippen LogP contribution is 2.43. The summed E-state index contributed by atoms with van der Waals surface area (Å²) < 4.78 is 16.4. The van der Waals surface area contributed by atoms with Gasteiger partial charge in [-0.2, -0.15) is 0 Å². The number of hydrogen-bond acceptors (Lipinski definition) is 7. The Morgan fingerprint density at radius 1 is 1.20 bits per heavy atom. The number of methoxy groups -OCH3 is 1. The maximum Gasteiger partial charge on any atom is 0.302 e. The molecule has 8 heteroatoms. The van der Waals surface area contributed by atoms with Crippen LogP contribution in [0.15, 0.2) is 47.5 Å². The Labute approximate surface area is 174 Å². The highest BCUT2D eigenvalue weighted by Gasteiger charge is 2.41. The zero-order valence-corrected chi connectivity index (χ0v) is 16.9. The Bertz CT molecular complexity index is 990. The molecule has 0 aliphatic carbocycles. The van der Waals surface area contributed by atoms with Crippen LogP contribution in [0.4, 0.5) is 5.69 Å². The van der Waals surface area contributed by atoms with Gasteiger partial charge in [0, 0.05) is 18.9 Å². The summed E-state index contributed by atoms with van der Waals surface area (Å²) in [6.45, 7) is 2.52. The fourth-order valence-electron chi connectivity index (χ4n) is 3.67. The van der Waals surface area contributed by atoms with Crippen LogP contribution < -0.4 is 14.8 Å². The van der Waals surface area contributed by atoms with Crippen molar-refractivity contribution in [3.05, 3.63) is 53.6 Å². The van der Waals surface area contributed by atoms with Gasteiger partial charge in [-0.1, -0.05) is 30.3 Å². The molecule has 2 aromatic rings. The van der Waals surface area contributed by atoms with Crippen molar-refractivity contribution in [1.29, 1.82) is 0 Å². The number of nitrogens with zero attached hydrogens (tertiary/aromatic N) is 2. The van der Waals surface area contributed by atoms with Crippen LogP contribution in [0.2, 0.25) is 0 Å². The van der Waals surface area contributed by atoms with Crippen LogP contribution >= 0.6 is 0 Å². The molecule has 156 valence electrons. The second kappa shape index (κ2) is 8.44. The fraction of sp³-hybridized carbons (Fsp3) is 0.318. The third-order valence-electron chi connectivity index (χ3n) is 4.99. The van der Waals surface area contributed by atoms with Gasteiger partial charge in [0.1, 0.15) is 6.04 Å². The smallest absolute Gasteiger partial charge is 0.302 e. The number of carbonyl (C=O) groups excluding carboxylic acids is 2. The van der Waals surface area contributed by atoms with Crippen LogP contribution in [-0.4, -0.2) is 43.1 Å². The summed E-state index contributed by atoms with van der Waals surface area (Å²) in [5.74, 6) is 1.31. The Balaban J connectivity index is 1.56. The number of benzene rings is 2. The first-order valence-electron chi connectivity index (χ1n) is 9.75. The lowest BCUT2D eigenvalue weighted by molar-refractivity contribution is -0.141. The SMILES string of the molecule is COc1c(OCCCOC(C)=O)ccc2c1CN1C(=N2)NC(=O)C1c1ccccc1. The Hall–Kier alpha value is -3.55. The predicted octanol–water partition coefficient (Wildman–Crippen LogP) is 2.70. The largest absolute Gasteiger partial charge is 0.492 e. The first kappa shape index (κ1) is 19.8. The number of carbonyl (C=O) groups is 2. The van der Waals surface area contributed by atoms with Gasteiger partial charge < -0.3 is 19.1 Å². The highest BCUT2D eigenvalue weighted by atomic mass is 16.5. The zero-order chi connectivity index (χ0) is 21.1. The summed E-state index contributed by atoms with van der Waals surface area (Å²) in [4.78, 5) is 30.1. The number of hydrogen-bond donors (Lipinski definition) is 1. The van der Waals surface area contributed by atoms with E-state index < -0.39 is 6.04 Å². The van der Waals surface area contributed by atoms with Crippen LogP contribution in [-0.2, 0) is 20.9 Å². The average molecular weight is 409 g/mol. The van der Waals surface area contributed by atoms with E-state index in [9.17, 15) is 9.59 Å². The summed E-state index contributed by atoms with van der Waals surface area (Å²) in [5.41, 5.74) is 2.50. The number of ether oxygens (including phenoxy) is 3. The maximum absolute atomic E-state index is 12.6. The topological polar surface area (TPSA) is 89.5 Å². The Morgan fingerprint density at radius 3 is 2.73 bits per heavy atom. The molecule has 1 atom stereocenters. The molecule has 0 bridgehead atoms. The normalized spacial score (nSPS) is 16.9. The van der Waals surface area contributed by atoms with E-state index >= 15 is 0 Å². The molecule has 0 spiro atoms. The third kappa shape index (κ3) is 3.80. The van der Waals surface area contributed by atoms with Crippen molar-refractivity contribution in [3.63, 3.8) is 0 Å². The lowest BCUT2D eigenvalue weighted by atomic mass is 10.0. The van der Waals surface area contributed by atoms with E-state index in [1.54, 1.807) is 13.2 Å². The van der Waals surface area contributed by atoms with Gasteiger partial charge in [-0.3, -0.25) is 14.9 Å². The van der Waals surface area contributed by atoms with Gasteiger partial charge in [-0.25, -0.2) is 4.99 Å². The van der Waals surface area contributed by atoms with Crippen LogP contribution in [0, 0.1) is 0 Å². The van der Waals surface area contributed by atoms with Crippen molar-refractivity contribution < 1.29 is 23.8 Å². The number of fused-ring (bicyclic) bond motifs is 2. The molecular weight excluding hydrogens is 386 g/mol. The van der Waals surface area contributed by atoms with Gasteiger partial charge in [-0.15, -0.1) is 0 Å². The molecule has 1 unspecified atom stereocenters. The summed E-state index contributed by atoms with van der Waals surface area (Å²) >= 11 is 0. The Kier molecular flexibility index (Phi) is 5.56. The maximum atomic E-state index is 12.6. The van der Waals surface area contributed by atoms with Crippen molar-refractivity contribution in [1.82, 2.24) is 10.2 Å². The first-order chi connectivity index (χ1) is 14.6. The predicted molar refractivity (Wildman–Crippen MR) is 110 cm³/mol. The molecule has 0 radical (unpaired) electrons. The molecule has 1 N–H and O–H groups in total. The van der Waals surface area contributed by atoms with E-state index in [4.69, 9.17) is 14.2 Å². The van der Waals surface area contributed by atoms with Gasteiger partial charge in [-0.05, 0) is 17.7 Å². The van der Waals surface area contributed by atoms with Gasteiger partial charge in [0.25, 0.3) is 5.91 Å². The van der Waals surface area contributed by atoms with Crippen molar-refractivity contribution >= 4 is 23.5 Å². The van der Waals surface area contributed by atoms with E-state index in [1.807, 2.05) is 41.3 Å². The second-order valence-corrected chi connectivity index (χ2v) is 7.00. The third-order valence-corrected chi connectivity index (χ3v) is 4.99. The van der Waals surface area contributed by atoms with Gasteiger partial charge >= 0.3 is 5.97 Å². The zero-order valence-electron chi connectivity index (χ0n) is 16.9. The molecule has 2 aliphatic heterocycles. The van der Waals surface area contributed by atoms with Crippen LogP contribution in [0.25, 0.3) is 0 Å². The van der Waals surface area contributed by atoms with E-state index in [-0.39, 0.29) is 11.9 Å². The fourth-order valence-corrected chi connectivity index (χ4v) is 3.67. The highest BCUT2D eigenvalue weighted by molar-refractivity contribution is 6.08.